The third-order valence-corrected chi connectivity index (χ3v) is 4.01. The molecule has 1 aliphatic heterocycles. The fourth-order valence-corrected chi connectivity index (χ4v) is 2.81. The maximum absolute atomic E-state index is 12.3. The number of nitrogens with one attached hydrogen (secondary N) is 3. The lowest BCUT2D eigenvalue weighted by molar-refractivity contribution is 0.0922. The summed E-state index contributed by atoms with van der Waals surface area (Å²) in [7, 11) is 0. The van der Waals surface area contributed by atoms with Crippen molar-refractivity contribution in [1.82, 2.24) is 25.5 Å². The minimum Gasteiger partial charge on any atom is -0.376 e. The average Bonchev–Trinajstić information content (AvgIpc) is 3.15. The summed E-state index contributed by atoms with van der Waals surface area (Å²) in [5, 5.41) is 9.89. The second kappa shape index (κ2) is 5.51. The third kappa shape index (κ3) is 2.59. The lowest BCUT2D eigenvalue weighted by Crippen LogP contribution is -2.25. The van der Waals surface area contributed by atoms with Crippen molar-refractivity contribution in [2.75, 3.05) is 6.61 Å². The number of ether oxygens (including phenoxy) is 1. The predicted octanol–water partition coefficient (Wildman–Crippen LogP) is 1.60. The molecule has 0 saturated carbocycles. The Morgan fingerprint density at radius 3 is 3.26 bits per heavy atom. The number of imidazole rings is 1. The van der Waals surface area contributed by atoms with Crippen LogP contribution in [0.5, 0.6) is 0 Å². The number of benzene rings is 1. The summed E-state index contributed by atoms with van der Waals surface area (Å²) in [5.74, 6) is 0.504. The van der Waals surface area contributed by atoms with Gasteiger partial charge in [-0.3, -0.25) is 9.89 Å². The molecule has 0 atom stereocenters. The topological polar surface area (TPSA) is 95.7 Å². The first-order valence-electron chi connectivity index (χ1n) is 7.58. The van der Waals surface area contributed by atoms with Gasteiger partial charge in [-0.15, -0.1) is 0 Å². The van der Waals surface area contributed by atoms with Crippen LogP contribution in [-0.2, 0) is 24.3 Å². The summed E-state index contributed by atoms with van der Waals surface area (Å²) in [6.07, 6.45) is 0.762. The molecule has 0 radical (unpaired) electrons. The molecule has 4 rings (SSSR count). The first-order valence-corrected chi connectivity index (χ1v) is 7.58. The van der Waals surface area contributed by atoms with Crippen molar-refractivity contribution < 1.29 is 9.53 Å². The van der Waals surface area contributed by atoms with Gasteiger partial charge in [0.05, 0.1) is 30.8 Å². The Kier molecular flexibility index (Phi) is 3.34. The molecule has 1 amide bonds. The number of carbonyl (C=O) groups is 1. The quantitative estimate of drug-likeness (QED) is 0.684. The Labute approximate surface area is 132 Å². The molecular weight excluding hydrogens is 294 g/mol. The molecule has 3 N–H and O–H groups in total. The normalized spacial score (nSPS) is 14.0. The highest BCUT2D eigenvalue weighted by molar-refractivity contribution is 5.94. The van der Waals surface area contributed by atoms with E-state index < -0.39 is 0 Å². The molecule has 7 heteroatoms. The number of fused-ring (bicyclic) bond motifs is 2. The number of H-pyrrole nitrogens is 2. The van der Waals surface area contributed by atoms with Gasteiger partial charge in [0.25, 0.3) is 5.91 Å². The van der Waals surface area contributed by atoms with Crippen molar-refractivity contribution in [3.8, 4) is 0 Å². The van der Waals surface area contributed by atoms with Crippen LogP contribution in [0.15, 0.2) is 18.2 Å². The number of hydrogen-bond donors (Lipinski definition) is 3. The van der Waals surface area contributed by atoms with Crippen LogP contribution in [0.2, 0.25) is 0 Å². The Morgan fingerprint density at radius 1 is 1.43 bits per heavy atom. The zero-order chi connectivity index (χ0) is 15.8. The van der Waals surface area contributed by atoms with E-state index in [0.717, 1.165) is 34.5 Å². The number of nitrogens with zero attached hydrogens (tertiary/aromatic N) is 2. The number of aromatic nitrogens is 4. The summed E-state index contributed by atoms with van der Waals surface area (Å²) in [6, 6.07) is 6.02. The van der Waals surface area contributed by atoms with Crippen molar-refractivity contribution in [3.05, 3.63) is 46.5 Å². The van der Waals surface area contributed by atoms with E-state index in [1.165, 1.54) is 5.56 Å². The number of rotatable bonds is 3. The standard InChI is InChI=1S/C16H17N5O2/c1-9-2-3-12-13(6-9)19-14(18-12)7-17-16(22)15-10-8-23-5-4-11(10)20-21-15/h2-3,6H,4-5,7-8H2,1H3,(H,17,22)(H,18,19)(H,20,21). The van der Waals surface area contributed by atoms with Crippen LogP contribution in [0.25, 0.3) is 11.0 Å². The zero-order valence-electron chi connectivity index (χ0n) is 12.8. The maximum atomic E-state index is 12.3. The summed E-state index contributed by atoms with van der Waals surface area (Å²) in [6.45, 7) is 3.45. The molecule has 1 aromatic carbocycles. The Hall–Kier alpha value is -2.67. The summed E-state index contributed by atoms with van der Waals surface area (Å²) in [4.78, 5) is 20.0. The highest BCUT2D eigenvalue weighted by Gasteiger charge is 2.22. The molecule has 3 aromatic rings. The number of aryl methyl sites for hydroxylation is 1. The van der Waals surface area contributed by atoms with Crippen molar-refractivity contribution in [1.29, 1.82) is 0 Å². The highest BCUT2D eigenvalue weighted by Crippen LogP contribution is 2.18. The smallest absolute Gasteiger partial charge is 0.272 e. The van der Waals surface area contributed by atoms with E-state index >= 15 is 0 Å². The molecule has 0 aliphatic carbocycles. The van der Waals surface area contributed by atoms with Crippen molar-refractivity contribution in [2.24, 2.45) is 0 Å². The van der Waals surface area contributed by atoms with Crippen LogP contribution < -0.4 is 5.32 Å². The fourth-order valence-electron chi connectivity index (χ4n) is 2.81. The summed E-state index contributed by atoms with van der Waals surface area (Å²) < 4.78 is 5.40. The summed E-state index contributed by atoms with van der Waals surface area (Å²) >= 11 is 0. The van der Waals surface area contributed by atoms with Crippen molar-refractivity contribution in [3.63, 3.8) is 0 Å². The minimum atomic E-state index is -0.218. The van der Waals surface area contributed by atoms with Gasteiger partial charge < -0.3 is 15.0 Å². The predicted molar refractivity (Wildman–Crippen MR) is 83.9 cm³/mol. The molecule has 0 bridgehead atoms. The third-order valence-electron chi connectivity index (χ3n) is 4.01. The van der Waals surface area contributed by atoms with E-state index in [4.69, 9.17) is 4.74 Å². The first-order chi connectivity index (χ1) is 11.2. The molecule has 0 saturated heterocycles. The van der Waals surface area contributed by atoms with Crippen LogP contribution in [0.3, 0.4) is 0 Å². The van der Waals surface area contributed by atoms with Gasteiger partial charge in [-0.25, -0.2) is 4.98 Å². The second-order valence-electron chi connectivity index (χ2n) is 5.72. The van der Waals surface area contributed by atoms with Crippen LogP contribution in [-0.4, -0.2) is 32.7 Å². The number of hydrogen-bond acceptors (Lipinski definition) is 4. The molecule has 0 unspecified atom stereocenters. The van der Waals surface area contributed by atoms with E-state index in [2.05, 4.69) is 25.5 Å². The van der Waals surface area contributed by atoms with E-state index in [1.807, 2.05) is 25.1 Å². The SMILES string of the molecule is Cc1ccc2nc(CNC(=O)c3n[nH]c4c3COCC4)[nH]c2c1. The lowest BCUT2D eigenvalue weighted by atomic mass is 10.1. The van der Waals surface area contributed by atoms with E-state index in [1.54, 1.807) is 0 Å². The van der Waals surface area contributed by atoms with Crippen molar-refractivity contribution in [2.45, 2.75) is 26.5 Å². The molecular formula is C16H17N5O2. The number of aromatic amines is 2. The number of amides is 1. The van der Waals surface area contributed by atoms with Gasteiger partial charge in [-0.05, 0) is 24.6 Å². The minimum absolute atomic E-state index is 0.218. The Balaban J connectivity index is 1.49. The van der Waals surface area contributed by atoms with Crippen LogP contribution in [0.4, 0.5) is 0 Å². The average molecular weight is 311 g/mol. The molecule has 118 valence electrons. The Bertz CT molecular complexity index is 880. The van der Waals surface area contributed by atoms with Gasteiger partial charge >= 0.3 is 0 Å². The largest absolute Gasteiger partial charge is 0.376 e. The maximum Gasteiger partial charge on any atom is 0.272 e. The molecule has 7 nitrogen and oxygen atoms in total. The van der Waals surface area contributed by atoms with Gasteiger partial charge in [-0.2, -0.15) is 5.10 Å². The molecule has 3 heterocycles. The fraction of sp³-hybridized carbons (Fsp3) is 0.312. The van der Waals surface area contributed by atoms with Gasteiger partial charge in [0, 0.05) is 17.7 Å². The van der Waals surface area contributed by atoms with Crippen LogP contribution in [0, 0.1) is 6.92 Å². The van der Waals surface area contributed by atoms with Crippen molar-refractivity contribution >= 4 is 16.9 Å². The van der Waals surface area contributed by atoms with Gasteiger partial charge in [0.2, 0.25) is 0 Å². The lowest BCUT2D eigenvalue weighted by Gasteiger charge is -2.12. The Morgan fingerprint density at radius 2 is 2.35 bits per heavy atom. The first kappa shape index (κ1) is 14.0. The molecule has 23 heavy (non-hydrogen) atoms. The van der Waals surface area contributed by atoms with E-state index in [-0.39, 0.29) is 5.91 Å². The summed E-state index contributed by atoms with van der Waals surface area (Å²) in [5.41, 5.74) is 5.28. The highest BCUT2D eigenvalue weighted by atomic mass is 16.5. The van der Waals surface area contributed by atoms with Gasteiger partial charge in [-0.1, -0.05) is 6.07 Å². The van der Waals surface area contributed by atoms with E-state index in [0.29, 0.717) is 25.5 Å². The second-order valence-corrected chi connectivity index (χ2v) is 5.72. The van der Waals surface area contributed by atoms with Crippen LogP contribution in [0.1, 0.15) is 33.1 Å². The molecule has 2 aromatic heterocycles. The van der Waals surface area contributed by atoms with Gasteiger partial charge in [0.1, 0.15) is 5.82 Å². The number of carbonyl (C=O) groups excluding carboxylic acids is 1. The molecule has 1 aliphatic rings. The van der Waals surface area contributed by atoms with E-state index in [9.17, 15) is 4.79 Å². The monoisotopic (exact) mass is 311 g/mol. The zero-order valence-corrected chi connectivity index (χ0v) is 12.8. The van der Waals surface area contributed by atoms with Crippen LogP contribution >= 0.6 is 0 Å². The molecule has 0 spiro atoms. The van der Waals surface area contributed by atoms with Gasteiger partial charge in [0.15, 0.2) is 5.69 Å². The molecule has 0 fully saturated rings.